The number of carboxylic acids is 2. The fourth-order valence-electron chi connectivity index (χ4n) is 1.34. The van der Waals surface area contributed by atoms with Crippen molar-refractivity contribution in [3.63, 3.8) is 0 Å². The average molecular weight is 474 g/mol. The molecule has 0 aromatic carbocycles. The standard InChI is InChI=1S/2C6H14N4O2.2NO3/c2*7-4(5(11)12)2-1-3-10-6(8)9;2*2-1(3)4/h2*4H,1-3,7H2,(H,11,12)(H4,8,9,10);;/q;;2*-1/p+2/t2*4-;;/m00../s1. The zero-order chi connectivity index (χ0) is 26.3. The third kappa shape index (κ3) is 50.1. The largest absolute Gasteiger partial charge is 0.477 e. The van der Waals surface area contributed by atoms with Crippen LogP contribution in [0.15, 0.2) is 9.98 Å². The number of carboxylic acid groups (broad SMARTS) is 2. The summed E-state index contributed by atoms with van der Waals surface area (Å²) in [6.07, 6.45) is 2.26. The predicted octanol–water partition coefficient (Wildman–Crippen LogP) is -5.01. The van der Waals surface area contributed by atoms with Crippen LogP contribution in [0.5, 0.6) is 0 Å². The van der Waals surface area contributed by atoms with Gasteiger partial charge in [0.25, 0.3) is 0 Å². The number of hydrogen-bond donors (Lipinski definition) is 8. The summed E-state index contributed by atoms with van der Waals surface area (Å²) in [7, 11) is 0. The lowest BCUT2D eigenvalue weighted by atomic mass is 10.2. The Bertz CT molecular complexity index is 547. The maximum absolute atomic E-state index is 10.3. The number of aliphatic carboxylic acids is 2. The summed E-state index contributed by atoms with van der Waals surface area (Å²) in [6.45, 7) is 0.920. The van der Waals surface area contributed by atoms with Crippen LogP contribution in [-0.2, 0) is 9.59 Å². The van der Waals surface area contributed by atoms with E-state index >= 15 is 0 Å². The highest BCUT2D eigenvalue weighted by Gasteiger charge is 2.14. The molecule has 0 amide bonds. The van der Waals surface area contributed by atoms with Gasteiger partial charge in [-0.3, -0.25) is 9.98 Å². The first-order valence-electron chi connectivity index (χ1n) is 8.40. The van der Waals surface area contributed by atoms with Crippen LogP contribution < -0.4 is 34.4 Å². The number of nitrogens with zero attached hydrogens (tertiary/aromatic N) is 4. The van der Waals surface area contributed by atoms with Crippen LogP contribution in [0, 0.1) is 30.6 Å². The molecule has 0 aliphatic heterocycles. The van der Waals surface area contributed by atoms with Crippen molar-refractivity contribution < 1.29 is 41.4 Å². The molecule has 188 valence electrons. The van der Waals surface area contributed by atoms with Crippen molar-refractivity contribution in [1.29, 1.82) is 0 Å². The molecule has 0 aliphatic rings. The van der Waals surface area contributed by atoms with Gasteiger partial charge in [0, 0.05) is 25.9 Å². The van der Waals surface area contributed by atoms with Crippen molar-refractivity contribution in [1.82, 2.24) is 0 Å². The van der Waals surface area contributed by atoms with E-state index < -0.39 is 34.2 Å². The van der Waals surface area contributed by atoms with E-state index in [0.717, 1.165) is 0 Å². The number of quaternary nitrogens is 2. The third-order valence-corrected chi connectivity index (χ3v) is 2.71. The summed E-state index contributed by atoms with van der Waals surface area (Å²) in [5, 5.41) is 46.4. The van der Waals surface area contributed by atoms with Gasteiger partial charge in [-0.05, 0) is 12.8 Å². The monoisotopic (exact) mass is 474 g/mol. The van der Waals surface area contributed by atoms with Crippen molar-refractivity contribution in [3.8, 4) is 0 Å². The Labute approximate surface area is 180 Å². The van der Waals surface area contributed by atoms with Crippen LogP contribution in [0.25, 0.3) is 0 Å². The SMILES string of the molecule is NC(N)=NCCC[C@H]([NH3+])C(=O)O.NC(N)=NCCC[C@H]([NH3+])C(=O)O.O=[N+]([O-])[O-].O=[N+]([O-])[O-]. The van der Waals surface area contributed by atoms with Gasteiger partial charge in [-0.15, -0.1) is 0 Å². The van der Waals surface area contributed by atoms with Gasteiger partial charge in [0.15, 0.2) is 24.0 Å². The first-order valence-corrected chi connectivity index (χ1v) is 8.40. The highest BCUT2D eigenvalue weighted by Crippen LogP contribution is 1.93. The topological polar surface area (TPSA) is 391 Å². The quantitative estimate of drug-likeness (QED) is 0.0483. The average Bonchev–Trinajstić information content (AvgIpc) is 2.61. The Morgan fingerprint density at radius 2 is 0.969 bits per heavy atom. The Kier molecular flexibility index (Phi) is 25.4. The second-order valence-electron chi connectivity index (χ2n) is 5.42. The molecule has 0 bridgehead atoms. The summed E-state index contributed by atoms with van der Waals surface area (Å²) in [6, 6.07) is -1.14. The maximum atomic E-state index is 10.3. The second kappa shape index (κ2) is 23.1. The van der Waals surface area contributed by atoms with Gasteiger partial charge in [0.05, 0.1) is 10.2 Å². The van der Waals surface area contributed by atoms with E-state index in [1.807, 2.05) is 0 Å². The van der Waals surface area contributed by atoms with Gasteiger partial charge in [0.2, 0.25) is 0 Å². The van der Waals surface area contributed by atoms with Crippen molar-refractivity contribution in [2.45, 2.75) is 37.8 Å². The molecule has 0 aliphatic carbocycles. The Hall–Kier alpha value is -4.20. The Morgan fingerprint density at radius 3 is 1.12 bits per heavy atom. The molecule has 0 spiro atoms. The third-order valence-electron chi connectivity index (χ3n) is 2.71. The smallest absolute Gasteiger partial charge is 0.362 e. The first-order chi connectivity index (χ1) is 14.5. The number of hydrogen-bond acceptors (Lipinski definition) is 10. The van der Waals surface area contributed by atoms with Crippen LogP contribution in [0.3, 0.4) is 0 Å². The zero-order valence-corrected chi connectivity index (χ0v) is 17.1. The van der Waals surface area contributed by atoms with Crippen molar-refractivity contribution in [2.24, 2.45) is 32.9 Å². The number of carbonyl (C=O) groups is 2. The lowest BCUT2D eigenvalue weighted by Crippen LogP contribution is -2.64. The molecule has 0 saturated carbocycles. The fourth-order valence-corrected chi connectivity index (χ4v) is 1.34. The van der Waals surface area contributed by atoms with Crippen LogP contribution >= 0.6 is 0 Å². The van der Waals surface area contributed by atoms with E-state index in [1.54, 1.807) is 0 Å². The number of nitrogens with two attached hydrogens (primary N) is 4. The molecule has 20 heteroatoms. The lowest BCUT2D eigenvalue weighted by Gasteiger charge is -2.00. The Morgan fingerprint density at radius 1 is 0.750 bits per heavy atom. The van der Waals surface area contributed by atoms with Crippen LogP contribution in [0.4, 0.5) is 0 Å². The van der Waals surface area contributed by atoms with Gasteiger partial charge in [0.1, 0.15) is 0 Å². The summed E-state index contributed by atoms with van der Waals surface area (Å²) < 4.78 is 0. The number of guanidine groups is 2. The molecule has 0 unspecified atom stereocenters. The van der Waals surface area contributed by atoms with Gasteiger partial charge in [-0.2, -0.15) is 0 Å². The van der Waals surface area contributed by atoms with E-state index in [1.165, 1.54) is 0 Å². The Balaban J connectivity index is -0.000000184. The summed E-state index contributed by atoms with van der Waals surface area (Å²) in [4.78, 5) is 44.5. The predicted molar refractivity (Wildman–Crippen MR) is 109 cm³/mol. The maximum Gasteiger partial charge on any atom is 0.362 e. The van der Waals surface area contributed by atoms with Crippen molar-refractivity contribution >= 4 is 23.9 Å². The highest BCUT2D eigenvalue weighted by atomic mass is 16.9. The molecular weight excluding hydrogens is 444 g/mol. The van der Waals surface area contributed by atoms with E-state index in [0.29, 0.717) is 38.8 Å². The normalized spacial score (nSPS) is 10.6. The van der Waals surface area contributed by atoms with E-state index in [4.69, 9.17) is 63.8 Å². The molecule has 2 atom stereocenters. The minimum absolute atomic E-state index is 0.0333. The van der Waals surface area contributed by atoms with Gasteiger partial charge < -0.3 is 75.3 Å². The highest BCUT2D eigenvalue weighted by molar-refractivity contribution is 5.76. The molecular formula is C12H30N10O10. The van der Waals surface area contributed by atoms with E-state index in [2.05, 4.69) is 21.5 Å². The summed E-state index contributed by atoms with van der Waals surface area (Å²) in [5.41, 5.74) is 27.1. The number of rotatable bonds is 10. The summed E-state index contributed by atoms with van der Waals surface area (Å²) >= 11 is 0. The first kappa shape index (κ1) is 35.3. The summed E-state index contributed by atoms with van der Waals surface area (Å²) in [5.74, 6) is -1.71. The van der Waals surface area contributed by atoms with E-state index in [-0.39, 0.29) is 11.9 Å². The molecule has 0 saturated heterocycles. The molecule has 0 aromatic heterocycles. The van der Waals surface area contributed by atoms with Crippen molar-refractivity contribution in [3.05, 3.63) is 30.6 Å². The minimum atomic E-state index is -1.75. The molecule has 0 fully saturated rings. The van der Waals surface area contributed by atoms with Gasteiger partial charge in [-0.1, -0.05) is 0 Å². The number of aliphatic imine (C=N–C) groups is 2. The van der Waals surface area contributed by atoms with Gasteiger partial charge >= 0.3 is 11.9 Å². The van der Waals surface area contributed by atoms with Crippen LogP contribution in [0.1, 0.15) is 25.7 Å². The zero-order valence-electron chi connectivity index (χ0n) is 17.1. The molecule has 0 radical (unpaired) electrons. The van der Waals surface area contributed by atoms with E-state index in [9.17, 15) is 9.59 Å². The molecule has 32 heavy (non-hydrogen) atoms. The molecule has 0 rings (SSSR count). The van der Waals surface area contributed by atoms with Crippen LogP contribution in [0.2, 0.25) is 0 Å². The minimum Gasteiger partial charge on any atom is -0.477 e. The van der Waals surface area contributed by atoms with Crippen LogP contribution in [-0.4, -0.2) is 69.4 Å². The lowest BCUT2D eigenvalue weighted by molar-refractivity contribution is -0.409. The van der Waals surface area contributed by atoms with Gasteiger partial charge in [-0.25, -0.2) is 9.59 Å². The molecule has 20 nitrogen and oxygen atoms in total. The molecule has 16 N–H and O–H groups in total. The second-order valence-corrected chi connectivity index (χ2v) is 5.42. The van der Waals surface area contributed by atoms with Crippen molar-refractivity contribution in [2.75, 3.05) is 13.1 Å². The molecule has 0 heterocycles. The molecule has 0 aromatic rings. The fraction of sp³-hybridized carbons (Fsp3) is 0.667.